The van der Waals surface area contributed by atoms with E-state index < -0.39 is 0 Å². The molecule has 1 heterocycles. The molecule has 1 aromatic rings. The Hall–Kier alpha value is -0.670. The Morgan fingerprint density at radius 3 is 2.86 bits per heavy atom. The lowest BCUT2D eigenvalue weighted by molar-refractivity contribution is 0.780. The molecule has 14 heavy (non-hydrogen) atoms. The molecular weight excluding hydrogens is 264 g/mol. The van der Waals surface area contributed by atoms with Crippen molar-refractivity contribution in [1.29, 1.82) is 5.26 Å². The van der Waals surface area contributed by atoms with E-state index in [1.165, 1.54) is 24.2 Å². The Bertz CT molecular complexity index is 354. The molecule has 2 rings (SSSR count). The summed E-state index contributed by atoms with van der Waals surface area (Å²) in [6.07, 6.45) is 2.97. The first-order valence-corrected chi connectivity index (χ1v) is 6.05. The third-order valence-corrected chi connectivity index (χ3v) is 3.48. The second-order valence-electron chi connectivity index (χ2n) is 3.17. The molecule has 0 unspecified atom stereocenters. The number of halogens is 1. The fourth-order valence-electron chi connectivity index (χ4n) is 1.31. The number of nitrogens with zero attached hydrogens (tertiary/aromatic N) is 4. The maximum Gasteiger partial charge on any atom is 0.209 e. The summed E-state index contributed by atoms with van der Waals surface area (Å²) in [5.74, 6) is 0. The van der Waals surface area contributed by atoms with Crippen LogP contribution in [-0.2, 0) is 0 Å². The molecule has 0 bridgehead atoms. The van der Waals surface area contributed by atoms with Crippen molar-refractivity contribution >= 4 is 32.4 Å². The summed E-state index contributed by atoms with van der Waals surface area (Å²) < 4.78 is 0.801. The first-order valence-electron chi connectivity index (χ1n) is 4.44. The number of aromatic nitrogens is 2. The van der Waals surface area contributed by atoms with Crippen LogP contribution in [0.4, 0.5) is 5.13 Å². The van der Waals surface area contributed by atoms with Crippen LogP contribution < -0.4 is 4.90 Å². The maximum absolute atomic E-state index is 8.55. The van der Waals surface area contributed by atoms with Crippen molar-refractivity contribution in [2.45, 2.75) is 25.3 Å². The molecule has 1 aliphatic carbocycles. The first-order chi connectivity index (χ1) is 6.81. The van der Waals surface area contributed by atoms with E-state index in [4.69, 9.17) is 5.26 Å². The molecule has 0 atom stereocenters. The van der Waals surface area contributed by atoms with Crippen molar-refractivity contribution < 1.29 is 0 Å². The van der Waals surface area contributed by atoms with Gasteiger partial charge in [0.1, 0.15) is 0 Å². The van der Waals surface area contributed by atoms with Gasteiger partial charge in [0.05, 0.1) is 12.5 Å². The van der Waals surface area contributed by atoms with Crippen LogP contribution in [0.5, 0.6) is 0 Å². The molecule has 0 amide bonds. The van der Waals surface area contributed by atoms with E-state index >= 15 is 0 Å². The summed E-state index contributed by atoms with van der Waals surface area (Å²) in [6.45, 7) is 0.767. The van der Waals surface area contributed by atoms with Gasteiger partial charge < -0.3 is 4.90 Å². The van der Waals surface area contributed by atoms with Crippen LogP contribution in [0.2, 0.25) is 0 Å². The average molecular weight is 273 g/mol. The summed E-state index contributed by atoms with van der Waals surface area (Å²) in [7, 11) is 0. The van der Waals surface area contributed by atoms with Gasteiger partial charge in [0.2, 0.25) is 5.13 Å². The zero-order valence-electron chi connectivity index (χ0n) is 7.48. The second-order valence-corrected chi connectivity index (χ2v) is 5.40. The van der Waals surface area contributed by atoms with Crippen molar-refractivity contribution in [2.75, 3.05) is 11.4 Å². The normalized spacial score (nSPS) is 15.1. The summed E-state index contributed by atoms with van der Waals surface area (Å²) >= 11 is 4.82. The fraction of sp³-hybridized carbons (Fsp3) is 0.625. The fourth-order valence-corrected chi connectivity index (χ4v) is 2.49. The Morgan fingerprint density at radius 1 is 1.57 bits per heavy atom. The number of hydrogen-bond donors (Lipinski definition) is 0. The quantitative estimate of drug-likeness (QED) is 0.843. The van der Waals surface area contributed by atoms with E-state index in [-0.39, 0.29) is 0 Å². The van der Waals surface area contributed by atoms with Crippen molar-refractivity contribution in [2.24, 2.45) is 0 Å². The molecule has 0 saturated heterocycles. The lowest BCUT2D eigenvalue weighted by Gasteiger charge is -2.18. The summed E-state index contributed by atoms with van der Waals surface area (Å²) in [4.78, 5) is 2.19. The summed E-state index contributed by atoms with van der Waals surface area (Å²) in [5, 5.41) is 17.5. The molecule has 1 fully saturated rings. The highest BCUT2D eigenvalue weighted by atomic mass is 79.9. The van der Waals surface area contributed by atoms with E-state index in [2.05, 4.69) is 37.1 Å². The van der Waals surface area contributed by atoms with Crippen LogP contribution >= 0.6 is 27.3 Å². The lowest BCUT2D eigenvalue weighted by Crippen LogP contribution is -2.26. The van der Waals surface area contributed by atoms with Crippen molar-refractivity contribution in [1.82, 2.24) is 10.2 Å². The van der Waals surface area contributed by atoms with Crippen LogP contribution in [0.25, 0.3) is 0 Å². The van der Waals surface area contributed by atoms with E-state index in [0.29, 0.717) is 12.5 Å². The number of rotatable bonds is 4. The summed E-state index contributed by atoms with van der Waals surface area (Å²) in [6, 6.07) is 2.75. The Morgan fingerprint density at radius 2 is 2.36 bits per heavy atom. The molecule has 4 nitrogen and oxygen atoms in total. The van der Waals surface area contributed by atoms with Crippen molar-refractivity contribution in [3.05, 3.63) is 3.92 Å². The zero-order valence-corrected chi connectivity index (χ0v) is 9.88. The van der Waals surface area contributed by atoms with E-state index in [1.54, 1.807) is 0 Å². The van der Waals surface area contributed by atoms with Gasteiger partial charge in [-0.15, -0.1) is 10.2 Å². The summed E-state index contributed by atoms with van der Waals surface area (Å²) in [5.41, 5.74) is 0. The molecule has 0 aromatic carbocycles. The van der Waals surface area contributed by atoms with Gasteiger partial charge in [0.25, 0.3) is 0 Å². The van der Waals surface area contributed by atoms with E-state index in [0.717, 1.165) is 15.6 Å². The highest BCUT2D eigenvalue weighted by molar-refractivity contribution is 9.11. The lowest BCUT2D eigenvalue weighted by atomic mass is 10.4. The van der Waals surface area contributed by atoms with Crippen LogP contribution in [0, 0.1) is 11.3 Å². The molecule has 0 radical (unpaired) electrons. The van der Waals surface area contributed by atoms with Gasteiger partial charge >= 0.3 is 0 Å². The Balaban J connectivity index is 2.06. The monoisotopic (exact) mass is 272 g/mol. The average Bonchev–Trinajstić information content (AvgIpc) is 2.91. The highest BCUT2D eigenvalue weighted by Gasteiger charge is 2.30. The molecule has 1 aliphatic rings. The van der Waals surface area contributed by atoms with E-state index in [9.17, 15) is 0 Å². The topological polar surface area (TPSA) is 52.8 Å². The molecular formula is C8H9BrN4S. The molecule has 6 heteroatoms. The Labute approximate surface area is 94.7 Å². The van der Waals surface area contributed by atoms with Gasteiger partial charge in [0, 0.05) is 12.6 Å². The largest absolute Gasteiger partial charge is 0.343 e. The third kappa shape index (κ3) is 2.22. The molecule has 1 saturated carbocycles. The maximum atomic E-state index is 8.55. The van der Waals surface area contributed by atoms with Gasteiger partial charge in [-0.05, 0) is 28.8 Å². The van der Waals surface area contributed by atoms with Crippen molar-refractivity contribution in [3.63, 3.8) is 0 Å². The predicted molar refractivity (Wildman–Crippen MR) is 58.2 cm³/mol. The van der Waals surface area contributed by atoms with Crippen LogP contribution in [0.15, 0.2) is 3.92 Å². The van der Waals surface area contributed by atoms with Gasteiger partial charge in [-0.3, -0.25) is 0 Å². The smallest absolute Gasteiger partial charge is 0.209 e. The van der Waals surface area contributed by atoms with Gasteiger partial charge in [0.15, 0.2) is 3.92 Å². The highest BCUT2D eigenvalue weighted by Crippen LogP contribution is 2.34. The minimum Gasteiger partial charge on any atom is -0.343 e. The van der Waals surface area contributed by atoms with Crippen LogP contribution in [-0.4, -0.2) is 22.8 Å². The van der Waals surface area contributed by atoms with Crippen LogP contribution in [0.3, 0.4) is 0 Å². The second kappa shape index (κ2) is 4.24. The van der Waals surface area contributed by atoms with Crippen LogP contribution in [0.1, 0.15) is 19.3 Å². The number of anilines is 1. The van der Waals surface area contributed by atoms with Gasteiger partial charge in [-0.2, -0.15) is 5.26 Å². The SMILES string of the molecule is N#CCCN(c1nnc(Br)s1)C1CC1. The minimum absolute atomic E-state index is 0.549. The van der Waals surface area contributed by atoms with Gasteiger partial charge in [-0.25, -0.2) is 0 Å². The standard InChI is InChI=1S/C8H9BrN4S/c9-7-11-12-8(14-7)13(5-1-4-10)6-2-3-6/h6H,1-3,5H2. The molecule has 0 spiro atoms. The predicted octanol–water partition coefficient (Wildman–Crippen LogP) is 2.18. The number of hydrogen-bond acceptors (Lipinski definition) is 5. The molecule has 74 valence electrons. The van der Waals surface area contributed by atoms with Gasteiger partial charge in [-0.1, -0.05) is 11.3 Å². The van der Waals surface area contributed by atoms with Crippen molar-refractivity contribution in [3.8, 4) is 6.07 Å². The zero-order chi connectivity index (χ0) is 9.97. The molecule has 0 aliphatic heterocycles. The number of nitriles is 1. The van der Waals surface area contributed by atoms with E-state index in [1.807, 2.05) is 0 Å². The Kier molecular flexibility index (Phi) is 2.99. The first kappa shape index (κ1) is 9.87. The minimum atomic E-state index is 0.549. The third-order valence-electron chi connectivity index (χ3n) is 2.09. The molecule has 0 N–H and O–H groups in total. The molecule has 1 aromatic heterocycles.